The molecule has 0 aliphatic heterocycles. The first-order chi connectivity index (χ1) is 28.1. The van der Waals surface area contributed by atoms with Crippen molar-refractivity contribution in [3.05, 3.63) is 139 Å². The van der Waals surface area contributed by atoms with Gasteiger partial charge in [0.2, 0.25) is 0 Å². The molecule has 0 radical (unpaired) electrons. The first kappa shape index (κ1) is 14.6. The van der Waals surface area contributed by atoms with Gasteiger partial charge in [0.05, 0.1) is 19.2 Å². The molecule has 0 spiro atoms. The van der Waals surface area contributed by atoms with Crippen LogP contribution in [0.3, 0.4) is 0 Å². The summed E-state index contributed by atoms with van der Waals surface area (Å²) >= 11 is 0. The lowest BCUT2D eigenvalue weighted by Crippen LogP contribution is -2.00. The Morgan fingerprint density at radius 3 is 1.82 bits per heavy atom. The van der Waals surface area contributed by atoms with Gasteiger partial charge < -0.3 is 4.42 Å². The minimum atomic E-state index is -0.730. The Labute approximate surface area is 277 Å². The van der Waals surface area contributed by atoms with Crippen molar-refractivity contribution in [3.63, 3.8) is 0 Å². The van der Waals surface area contributed by atoms with E-state index < -0.39 is 119 Å². The van der Waals surface area contributed by atoms with Crippen LogP contribution >= 0.6 is 0 Å². The van der Waals surface area contributed by atoms with E-state index in [4.69, 9.17) is 20.9 Å². The number of rotatable bonds is 4. The van der Waals surface area contributed by atoms with Crippen molar-refractivity contribution >= 4 is 54.3 Å². The summed E-state index contributed by atoms with van der Waals surface area (Å²) < 4.78 is 128. The molecule has 208 valence electrons. The normalized spacial score (nSPS) is 16.4. The maximum absolute atomic E-state index is 9.69. The summed E-state index contributed by atoms with van der Waals surface area (Å²) in [6.07, 6.45) is 0. The molecule has 45 heavy (non-hydrogen) atoms. The fourth-order valence-corrected chi connectivity index (χ4v) is 6.24. The number of hydrogen-bond donors (Lipinski definition) is 0. The largest absolute Gasteiger partial charge is 0.455 e. The SMILES string of the molecule is [2H]c1c([2H])c([2H])c(-c2nc(-c3c([2H])c([2H])c([2H])c([2H])c3[2H])nc(-c3c([2H])c([2H])c([2H])c(-c4cc5ccc6cccc7c8cccc9oc4c(c98)c5c67)c3[2H])n2)c([2H])c1[2H]. The summed E-state index contributed by atoms with van der Waals surface area (Å²) in [6.45, 7) is 0. The van der Waals surface area contributed by atoms with Gasteiger partial charge in [-0.1, -0.05) is 121 Å². The van der Waals surface area contributed by atoms with E-state index in [1.807, 2.05) is 48.5 Å². The number of furan rings is 1. The molecule has 0 unspecified atom stereocenters. The molecule has 0 saturated carbocycles. The highest BCUT2D eigenvalue weighted by atomic mass is 16.3. The summed E-state index contributed by atoms with van der Waals surface area (Å²) in [4.78, 5) is 13.1. The average Bonchev–Trinajstić information content (AvgIpc) is 3.63. The van der Waals surface area contributed by atoms with E-state index in [9.17, 15) is 2.74 Å². The van der Waals surface area contributed by atoms with Crippen molar-refractivity contribution in [1.82, 2.24) is 15.0 Å². The minimum Gasteiger partial charge on any atom is -0.455 e. The second kappa shape index (κ2) is 9.18. The number of aromatic nitrogens is 3. The number of fused-ring (bicyclic) bond motifs is 1. The molecule has 0 aliphatic carbocycles. The van der Waals surface area contributed by atoms with Gasteiger partial charge in [0.15, 0.2) is 17.5 Å². The third kappa shape index (κ3) is 3.57. The molecule has 4 heteroatoms. The molecule has 0 bridgehead atoms. The molecular weight excluding hydrogens is 550 g/mol. The lowest BCUT2D eigenvalue weighted by Gasteiger charge is -2.15. The van der Waals surface area contributed by atoms with Crippen molar-refractivity contribution in [3.8, 4) is 45.3 Å². The van der Waals surface area contributed by atoms with Crippen LogP contribution in [0, 0.1) is 0 Å². The summed E-state index contributed by atoms with van der Waals surface area (Å²) in [5.41, 5.74) is -0.426. The van der Waals surface area contributed by atoms with Crippen molar-refractivity contribution in [2.45, 2.75) is 0 Å². The van der Waals surface area contributed by atoms with Crippen LogP contribution in [-0.2, 0) is 0 Å². The number of hydrogen-bond acceptors (Lipinski definition) is 4. The van der Waals surface area contributed by atoms with Crippen LogP contribution in [0.4, 0.5) is 0 Å². The van der Waals surface area contributed by atoms with Crippen LogP contribution in [0.25, 0.3) is 99.5 Å². The summed E-state index contributed by atoms with van der Waals surface area (Å²) in [6, 6.07) is 7.95. The second-order valence-electron chi connectivity index (χ2n) is 10.5. The van der Waals surface area contributed by atoms with Crippen LogP contribution < -0.4 is 0 Å². The van der Waals surface area contributed by atoms with Gasteiger partial charge in [0, 0.05) is 38.4 Å². The van der Waals surface area contributed by atoms with Gasteiger partial charge in [-0.25, -0.2) is 15.0 Å². The Morgan fingerprint density at radius 2 is 1.09 bits per heavy atom. The Morgan fingerprint density at radius 1 is 0.489 bits per heavy atom. The smallest absolute Gasteiger partial charge is 0.164 e. The summed E-state index contributed by atoms with van der Waals surface area (Å²) in [5.74, 6) is -1.72. The number of nitrogens with zero attached hydrogens (tertiary/aromatic N) is 3. The minimum absolute atomic E-state index is 0.114. The zero-order valence-corrected chi connectivity index (χ0v) is 22.9. The predicted octanol–water partition coefficient (Wildman–Crippen LogP) is 10.8. The van der Waals surface area contributed by atoms with Crippen molar-refractivity contribution in [2.24, 2.45) is 0 Å². The van der Waals surface area contributed by atoms with Gasteiger partial charge >= 0.3 is 0 Å². The Bertz CT molecular complexity index is 3370. The molecule has 8 aromatic carbocycles. The van der Waals surface area contributed by atoms with Gasteiger partial charge in [0.25, 0.3) is 0 Å². The van der Waals surface area contributed by atoms with E-state index in [0.717, 1.165) is 43.1 Å². The fourth-order valence-electron chi connectivity index (χ4n) is 6.24. The third-order valence-corrected chi connectivity index (χ3v) is 8.08. The van der Waals surface area contributed by atoms with E-state index in [0.29, 0.717) is 11.2 Å². The first-order valence-corrected chi connectivity index (χ1v) is 14.0. The molecule has 4 nitrogen and oxygen atoms in total. The van der Waals surface area contributed by atoms with Crippen LogP contribution in [0.5, 0.6) is 0 Å². The maximum atomic E-state index is 9.69. The highest BCUT2D eigenvalue weighted by molar-refractivity contribution is 6.40. The highest BCUT2D eigenvalue weighted by Gasteiger charge is 2.23. The number of benzene rings is 8. The van der Waals surface area contributed by atoms with E-state index in [1.54, 1.807) is 6.07 Å². The van der Waals surface area contributed by atoms with Gasteiger partial charge in [0.1, 0.15) is 11.2 Å². The van der Waals surface area contributed by atoms with Crippen LogP contribution in [0.1, 0.15) is 19.2 Å². The highest BCUT2D eigenvalue weighted by Crippen LogP contribution is 2.49. The summed E-state index contributed by atoms with van der Waals surface area (Å²) in [5, 5.41) is 7.25. The quantitative estimate of drug-likeness (QED) is 0.152. The lowest BCUT2D eigenvalue weighted by molar-refractivity contribution is 0.670. The maximum Gasteiger partial charge on any atom is 0.164 e. The summed E-state index contributed by atoms with van der Waals surface area (Å²) in [7, 11) is 0. The van der Waals surface area contributed by atoms with E-state index in [-0.39, 0.29) is 11.1 Å². The van der Waals surface area contributed by atoms with Gasteiger partial charge in [-0.3, -0.25) is 0 Å². The predicted molar refractivity (Wildman–Crippen MR) is 184 cm³/mol. The molecule has 0 N–H and O–H groups in total. The van der Waals surface area contributed by atoms with Crippen molar-refractivity contribution in [1.29, 1.82) is 0 Å². The van der Waals surface area contributed by atoms with Crippen LogP contribution in [0.15, 0.2) is 144 Å². The molecule has 0 fully saturated rings. The third-order valence-electron chi connectivity index (χ3n) is 8.08. The monoisotopic (exact) mass is 587 g/mol. The molecule has 0 saturated heterocycles. The molecule has 0 aliphatic rings. The first-order valence-electron chi connectivity index (χ1n) is 21.0. The molecule has 10 rings (SSSR count). The van der Waals surface area contributed by atoms with E-state index in [1.165, 1.54) is 0 Å². The standard InChI is InChI=1S/C41H23N3O/c1-3-10-25(11-4-1)39-42-40(26-12-5-2-6-13-26)44-41(43-39)29-16-7-15-27(22-29)32-23-28-21-20-24-14-8-17-30-31-18-9-19-33-36(31)37(38(32)45-33)35(28)34(24)30/h1-23H/i1D,2D,3D,4D,5D,6D,7D,10D,11D,12D,13D,15D,16D,22D. The zero-order valence-electron chi connectivity index (χ0n) is 36.9. The van der Waals surface area contributed by atoms with Gasteiger partial charge in [-0.05, 0) is 50.7 Å². The molecule has 0 amide bonds. The molecule has 2 aromatic heterocycles. The van der Waals surface area contributed by atoms with E-state index in [2.05, 4.69) is 15.0 Å². The van der Waals surface area contributed by atoms with Crippen LogP contribution in [-0.4, -0.2) is 15.0 Å². The van der Waals surface area contributed by atoms with E-state index >= 15 is 0 Å². The van der Waals surface area contributed by atoms with Gasteiger partial charge in [-0.2, -0.15) is 0 Å². The van der Waals surface area contributed by atoms with Crippen molar-refractivity contribution < 1.29 is 23.6 Å². The second-order valence-corrected chi connectivity index (χ2v) is 10.5. The Balaban J connectivity index is 1.33. The van der Waals surface area contributed by atoms with Crippen molar-refractivity contribution in [2.75, 3.05) is 0 Å². The molecular formula is C41H23N3O. The Hall–Kier alpha value is -6.13. The molecule has 0 atom stereocenters. The molecule has 2 heterocycles. The Kier molecular flexibility index (Phi) is 2.97. The van der Waals surface area contributed by atoms with Crippen LogP contribution in [0.2, 0.25) is 0 Å². The zero-order chi connectivity index (χ0) is 41.7. The molecule has 10 aromatic rings. The fraction of sp³-hybridized carbons (Fsp3) is 0. The lowest BCUT2D eigenvalue weighted by atomic mass is 9.87. The van der Waals surface area contributed by atoms with Gasteiger partial charge in [-0.15, -0.1) is 0 Å². The average molecular weight is 588 g/mol. The topological polar surface area (TPSA) is 51.8 Å².